The summed E-state index contributed by atoms with van der Waals surface area (Å²) in [4.78, 5) is 18.2. The molecule has 25 heavy (non-hydrogen) atoms. The van der Waals surface area contributed by atoms with Crippen LogP contribution < -0.4 is 10.1 Å². The van der Waals surface area contributed by atoms with E-state index in [1.807, 2.05) is 12.1 Å². The predicted molar refractivity (Wildman–Crippen MR) is 102 cm³/mol. The number of benzene rings is 2. The molecule has 0 fully saturated rings. The van der Waals surface area contributed by atoms with Gasteiger partial charge in [0, 0.05) is 16.7 Å². The topological polar surface area (TPSA) is 95.9 Å². The van der Waals surface area contributed by atoms with E-state index in [9.17, 15) is 0 Å². The molecule has 0 bridgehead atoms. The van der Waals surface area contributed by atoms with E-state index in [0.717, 1.165) is 26.9 Å². The fraction of sp³-hybridized carbons (Fsp3) is 0.176. The maximum absolute atomic E-state index is 9.10. The zero-order valence-electron chi connectivity index (χ0n) is 13.5. The summed E-state index contributed by atoms with van der Waals surface area (Å²) in [6, 6.07) is 12.3. The Labute approximate surface area is 162 Å². The first-order valence-corrected chi connectivity index (χ1v) is 8.61. The summed E-state index contributed by atoms with van der Waals surface area (Å²) >= 11 is 6.97. The first-order valence-electron chi connectivity index (χ1n) is 7.03. The summed E-state index contributed by atoms with van der Waals surface area (Å²) in [5.41, 5.74) is 3.58. The van der Waals surface area contributed by atoms with Crippen molar-refractivity contribution in [1.29, 1.82) is 0 Å². The normalized spacial score (nSPS) is 9.60. The molecule has 0 aliphatic heterocycles. The van der Waals surface area contributed by atoms with Crippen molar-refractivity contribution in [3.8, 4) is 5.75 Å². The molecule has 0 aromatic heterocycles. The zero-order valence-corrected chi connectivity index (χ0v) is 16.7. The molecule has 0 aliphatic carbocycles. The number of carboxylic acid groups (broad SMARTS) is 2. The molecule has 0 saturated heterocycles. The predicted octanol–water partition coefficient (Wildman–Crippen LogP) is 4.30. The highest BCUT2D eigenvalue weighted by Crippen LogP contribution is 2.26. The quantitative estimate of drug-likeness (QED) is 0.572. The van der Waals surface area contributed by atoms with E-state index in [4.69, 9.17) is 24.5 Å². The van der Waals surface area contributed by atoms with Crippen molar-refractivity contribution < 1.29 is 24.5 Å². The average molecular weight is 475 g/mol. The largest absolute Gasteiger partial charge is 0.496 e. The zero-order chi connectivity index (χ0) is 19.0. The molecule has 2 aromatic carbocycles. The van der Waals surface area contributed by atoms with Crippen LogP contribution in [0.15, 0.2) is 45.3 Å². The molecule has 0 spiro atoms. The maximum Gasteiger partial charge on any atom is 0.414 e. The van der Waals surface area contributed by atoms with E-state index in [1.54, 1.807) is 7.11 Å². The second-order valence-corrected chi connectivity index (χ2v) is 6.66. The van der Waals surface area contributed by atoms with Gasteiger partial charge in [-0.25, -0.2) is 9.59 Å². The number of ether oxygens (including phenoxy) is 1. The molecule has 0 radical (unpaired) electrons. The van der Waals surface area contributed by atoms with Crippen molar-refractivity contribution in [1.82, 2.24) is 0 Å². The van der Waals surface area contributed by atoms with Crippen molar-refractivity contribution in [3.05, 3.63) is 56.5 Å². The van der Waals surface area contributed by atoms with Gasteiger partial charge in [0.05, 0.1) is 11.6 Å². The monoisotopic (exact) mass is 473 g/mol. The molecular weight excluding hydrogens is 458 g/mol. The van der Waals surface area contributed by atoms with Crippen molar-refractivity contribution in [2.24, 2.45) is 0 Å². The minimum atomic E-state index is -1.82. The van der Waals surface area contributed by atoms with E-state index >= 15 is 0 Å². The molecule has 3 N–H and O–H groups in total. The standard InChI is InChI=1S/C15H15Br2NO.C2H2O4/c1-10-7-12(16)4-5-14(10)18-9-11-3-6-15(19-2)13(17)8-11;3-1(4)2(5)6/h3-8,18H,9H2,1-2H3;(H,3,4)(H,5,6). The molecule has 8 heteroatoms. The van der Waals surface area contributed by atoms with Gasteiger partial charge in [-0.15, -0.1) is 0 Å². The minimum Gasteiger partial charge on any atom is -0.496 e. The van der Waals surface area contributed by atoms with Crippen LogP contribution in [-0.2, 0) is 16.1 Å². The number of methoxy groups -OCH3 is 1. The van der Waals surface area contributed by atoms with Crippen molar-refractivity contribution in [2.45, 2.75) is 13.5 Å². The van der Waals surface area contributed by atoms with Crippen LogP contribution >= 0.6 is 31.9 Å². The summed E-state index contributed by atoms with van der Waals surface area (Å²) in [5, 5.41) is 18.2. The molecule has 0 unspecified atom stereocenters. The van der Waals surface area contributed by atoms with Gasteiger partial charge in [0.2, 0.25) is 0 Å². The molecule has 134 valence electrons. The van der Waals surface area contributed by atoms with Gasteiger partial charge < -0.3 is 20.3 Å². The van der Waals surface area contributed by atoms with Crippen molar-refractivity contribution in [2.75, 3.05) is 12.4 Å². The van der Waals surface area contributed by atoms with Crippen molar-refractivity contribution >= 4 is 49.5 Å². The SMILES string of the molecule is COc1ccc(CNc2ccc(Br)cc2C)cc1Br.O=C(O)C(=O)O. The Morgan fingerprint density at radius 1 is 1.08 bits per heavy atom. The first kappa shape index (κ1) is 21.0. The van der Waals surface area contributed by atoms with Gasteiger partial charge in [-0.3, -0.25) is 0 Å². The van der Waals surface area contributed by atoms with Gasteiger partial charge in [-0.2, -0.15) is 0 Å². The fourth-order valence-electron chi connectivity index (χ4n) is 1.84. The third kappa shape index (κ3) is 7.15. The van der Waals surface area contributed by atoms with E-state index in [-0.39, 0.29) is 0 Å². The number of rotatable bonds is 4. The van der Waals surface area contributed by atoms with E-state index in [2.05, 4.69) is 68.4 Å². The van der Waals surface area contributed by atoms with Crippen LogP contribution in [0.2, 0.25) is 0 Å². The van der Waals surface area contributed by atoms with Crippen LogP contribution in [0.3, 0.4) is 0 Å². The second-order valence-electron chi connectivity index (χ2n) is 4.89. The van der Waals surface area contributed by atoms with Crippen LogP contribution in [-0.4, -0.2) is 29.3 Å². The molecule has 0 heterocycles. The Morgan fingerprint density at radius 3 is 2.20 bits per heavy atom. The summed E-state index contributed by atoms with van der Waals surface area (Å²) in [7, 11) is 1.67. The van der Waals surface area contributed by atoms with Crippen LogP contribution in [0, 0.1) is 6.92 Å². The van der Waals surface area contributed by atoms with Crippen LogP contribution in [0.5, 0.6) is 5.75 Å². The Hall–Kier alpha value is -2.06. The number of carboxylic acids is 2. The molecule has 6 nitrogen and oxygen atoms in total. The molecule has 0 atom stereocenters. The van der Waals surface area contributed by atoms with Gasteiger partial charge in [-0.05, 0) is 64.3 Å². The lowest BCUT2D eigenvalue weighted by atomic mass is 10.1. The Kier molecular flexibility index (Phi) is 8.44. The number of aliphatic carboxylic acids is 2. The minimum absolute atomic E-state index is 0.783. The number of carbonyl (C=O) groups is 2. The lowest BCUT2D eigenvalue weighted by Crippen LogP contribution is -2.09. The van der Waals surface area contributed by atoms with Gasteiger partial charge >= 0.3 is 11.9 Å². The Bertz CT molecular complexity index is 753. The molecule has 0 amide bonds. The molecule has 2 rings (SSSR count). The lowest BCUT2D eigenvalue weighted by molar-refractivity contribution is -0.159. The van der Waals surface area contributed by atoms with E-state index in [1.165, 1.54) is 11.1 Å². The number of hydrogen-bond donors (Lipinski definition) is 3. The lowest BCUT2D eigenvalue weighted by Gasteiger charge is -2.11. The molecule has 2 aromatic rings. The Morgan fingerprint density at radius 2 is 1.72 bits per heavy atom. The van der Waals surface area contributed by atoms with Gasteiger partial charge in [0.1, 0.15) is 5.75 Å². The first-order chi connectivity index (χ1) is 11.7. The highest BCUT2D eigenvalue weighted by Gasteiger charge is 2.04. The third-order valence-electron chi connectivity index (χ3n) is 3.07. The highest BCUT2D eigenvalue weighted by atomic mass is 79.9. The van der Waals surface area contributed by atoms with Gasteiger partial charge in [0.15, 0.2) is 0 Å². The smallest absolute Gasteiger partial charge is 0.414 e. The summed E-state index contributed by atoms with van der Waals surface area (Å²) in [6.07, 6.45) is 0. The summed E-state index contributed by atoms with van der Waals surface area (Å²) < 4.78 is 7.30. The molecule has 0 aliphatic rings. The maximum atomic E-state index is 9.10. The summed E-state index contributed by atoms with van der Waals surface area (Å²) in [6.45, 7) is 2.88. The highest BCUT2D eigenvalue weighted by molar-refractivity contribution is 9.10. The van der Waals surface area contributed by atoms with Gasteiger partial charge in [-0.1, -0.05) is 22.0 Å². The number of nitrogens with one attached hydrogen (secondary N) is 1. The number of hydrogen-bond acceptors (Lipinski definition) is 4. The van der Waals surface area contributed by atoms with Crippen molar-refractivity contribution in [3.63, 3.8) is 0 Å². The second kappa shape index (κ2) is 10.0. The van der Waals surface area contributed by atoms with E-state index in [0.29, 0.717) is 0 Å². The summed E-state index contributed by atoms with van der Waals surface area (Å²) in [5.74, 6) is -2.80. The van der Waals surface area contributed by atoms with Gasteiger partial charge in [0.25, 0.3) is 0 Å². The molecular formula is C17H17Br2NO5. The fourth-order valence-corrected chi connectivity index (χ4v) is 2.91. The number of anilines is 1. The van der Waals surface area contributed by atoms with Crippen LogP contribution in [0.1, 0.15) is 11.1 Å². The van der Waals surface area contributed by atoms with Crippen LogP contribution in [0.25, 0.3) is 0 Å². The number of aryl methyl sites for hydroxylation is 1. The molecule has 0 saturated carbocycles. The third-order valence-corrected chi connectivity index (χ3v) is 4.18. The van der Waals surface area contributed by atoms with E-state index < -0.39 is 11.9 Å². The average Bonchev–Trinajstić information content (AvgIpc) is 2.54. The van der Waals surface area contributed by atoms with Crippen LogP contribution in [0.4, 0.5) is 5.69 Å². The number of halogens is 2. The Balaban J connectivity index is 0.000000450.